The van der Waals surface area contributed by atoms with Gasteiger partial charge in [0.1, 0.15) is 11.6 Å². The number of alkyl carbamates (subject to hydrolysis) is 1. The lowest BCUT2D eigenvalue weighted by Gasteiger charge is -2.46. The molecule has 3 fully saturated rings. The van der Waals surface area contributed by atoms with E-state index < -0.39 is 17.7 Å². The highest BCUT2D eigenvalue weighted by molar-refractivity contribution is 5.88. The predicted octanol–water partition coefficient (Wildman–Crippen LogP) is 5.80. The molecule has 0 saturated carbocycles. The number of carbonyl (C=O) groups is 2. The number of hydrogen-bond donors (Lipinski definition) is 1. The summed E-state index contributed by atoms with van der Waals surface area (Å²) in [4.78, 5) is 33.8. The Kier molecular flexibility index (Phi) is 8.82. The molecule has 3 heterocycles. The van der Waals surface area contributed by atoms with Gasteiger partial charge in [-0.2, -0.15) is 5.26 Å². The molecular weight excluding hydrogens is 550 g/mol. The molecule has 0 spiro atoms. The van der Waals surface area contributed by atoms with E-state index in [0.717, 1.165) is 25.7 Å². The molecule has 5 rings (SSSR count). The lowest BCUT2D eigenvalue weighted by atomic mass is 9.89. The number of hydrogen-bond acceptors (Lipinski definition) is 6. The van der Waals surface area contributed by atoms with Crippen LogP contribution in [0, 0.1) is 11.3 Å². The molecule has 3 aliphatic heterocycles. The molecule has 1 N–H and O–H groups in total. The second-order valence-corrected chi connectivity index (χ2v) is 13.9. The highest BCUT2D eigenvalue weighted by Crippen LogP contribution is 2.49. The topological polar surface area (TPSA) is 88.9 Å². The first-order chi connectivity index (χ1) is 20.9. The van der Waals surface area contributed by atoms with Crippen molar-refractivity contribution in [2.75, 3.05) is 19.6 Å². The molecule has 1 aromatic rings. The Labute approximate surface area is 262 Å². The minimum atomic E-state index is -0.657. The lowest BCUT2D eigenvalue weighted by Crippen LogP contribution is -2.59. The fraction of sp³-hybridized carbons (Fsp3) is 0.528. The zero-order valence-corrected chi connectivity index (χ0v) is 26.9. The van der Waals surface area contributed by atoms with Crippen molar-refractivity contribution in [3.05, 3.63) is 83.6 Å². The number of amides is 2. The van der Waals surface area contributed by atoms with Crippen molar-refractivity contribution in [1.82, 2.24) is 20.0 Å². The van der Waals surface area contributed by atoms with E-state index in [1.54, 1.807) is 6.08 Å². The summed E-state index contributed by atoms with van der Waals surface area (Å²) in [5, 5.41) is 12.8. The summed E-state index contributed by atoms with van der Waals surface area (Å²) in [6, 6.07) is 9.68. The van der Waals surface area contributed by atoms with Crippen LogP contribution >= 0.6 is 0 Å². The van der Waals surface area contributed by atoms with E-state index in [2.05, 4.69) is 78.5 Å². The molecule has 234 valence electrons. The van der Waals surface area contributed by atoms with Crippen molar-refractivity contribution in [2.24, 2.45) is 0 Å². The molecule has 5 atom stereocenters. The van der Waals surface area contributed by atoms with Crippen molar-refractivity contribution in [2.45, 2.75) is 102 Å². The molecule has 4 aliphatic rings. The molecule has 4 unspecified atom stereocenters. The smallest absolute Gasteiger partial charge is 0.408 e. The normalized spacial score (nSPS) is 27.7. The lowest BCUT2D eigenvalue weighted by molar-refractivity contribution is -0.142. The maximum atomic E-state index is 14.4. The molecule has 3 saturated heterocycles. The molecule has 44 heavy (non-hydrogen) atoms. The van der Waals surface area contributed by atoms with Crippen LogP contribution in [0.1, 0.15) is 77.5 Å². The molecule has 2 amide bonds. The van der Waals surface area contributed by atoms with Gasteiger partial charge in [0, 0.05) is 25.3 Å². The summed E-state index contributed by atoms with van der Waals surface area (Å²) in [6.07, 6.45) is 9.61. The fourth-order valence-corrected chi connectivity index (χ4v) is 7.63. The third kappa shape index (κ3) is 6.08. The van der Waals surface area contributed by atoms with E-state index in [9.17, 15) is 14.9 Å². The van der Waals surface area contributed by atoms with Crippen LogP contribution in [0.5, 0.6) is 0 Å². The van der Waals surface area contributed by atoms with E-state index in [0.29, 0.717) is 31.8 Å². The maximum absolute atomic E-state index is 14.4. The highest BCUT2D eigenvalue weighted by atomic mass is 16.6. The van der Waals surface area contributed by atoms with Gasteiger partial charge in [0.2, 0.25) is 5.91 Å². The van der Waals surface area contributed by atoms with E-state index >= 15 is 0 Å². The summed E-state index contributed by atoms with van der Waals surface area (Å²) in [5.74, 6) is 0.115. The van der Waals surface area contributed by atoms with Crippen LogP contribution in [0.2, 0.25) is 0 Å². The molecule has 8 nitrogen and oxygen atoms in total. The summed E-state index contributed by atoms with van der Waals surface area (Å²) >= 11 is 0. The number of aryl methyl sites for hydroxylation is 1. The number of nitrogens with zero attached hydrogens (tertiary/aromatic N) is 4. The average Bonchev–Trinajstić information content (AvgIpc) is 3.61. The molecule has 0 aromatic heterocycles. The second kappa shape index (κ2) is 12.3. The number of fused-ring (bicyclic) bond motifs is 3. The zero-order chi connectivity index (χ0) is 31.8. The summed E-state index contributed by atoms with van der Waals surface area (Å²) in [5.41, 5.74) is 4.58. The third-order valence-corrected chi connectivity index (χ3v) is 9.62. The number of carbonyl (C=O) groups excluding carboxylic acids is 2. The molecular formula is C36H47N5O3. The maximum Gasteiger partial charge on any atom is 0.408 e. The van der Waals surface area contributed by atoms with Gasteiger partial charge in [-0.15, -0.1) is 0 Å². The third-order valence-electron chi connectivity index (χ3n) is 9.62. The van der Waals surface area contributed by atoms with Crippen LogP contribution in [0.25, 0.3) is 0 Å². The first-order valence-corrected chi connectivity index (χ1v) is 15.8. The van der Waals surface area contributed by atoms with Gasteiger partial charge >= 0.3 is 6.09 Å². The molecule has 0 radical (unpaired) electrons. The fourth-order valence-electron chi connectivity index (χ4n) is 7.63. The SMILES string of the molecule is C=C/C=C\C1=C(C)C(N2C(=O)C3CC2(C)CN3C[C@H](NC(=O)OC(C)(C)C)C(=C)N2CCCC2C#N)c2ccccc2CC1. The standard InChI is InChI=1S/C36H47N5O3/c1-8-9-13-26-17-18-27-14-10-11-16-29(27)32(24(26)2)41-33(42)31-20-36(41,7)23-39(31)22-30(38-34(43)44-35(4,5)6)25(3)40-19-12-15-28(40)21-37/h8-11,13-14,16,28,30-32H,1,3,12,15,17-20,22-23H2,2,4-7H3,(H,38,43)/b13-9-/t28?,30-,31?,32?,36?/m0/s1. The zero-order valence-electron chi connectivity index (χ0n) is 26.9. The van der Waals surface area contributed by atoms with Gasteiger partial charge in [-0.3, -0.25) is 9.69 Å². The first kappa shape index (κ1) is 31.6. The van der Waals surface area contributed by atoms with E-state index in [4.69, 9.17) is 4.74 Å². The van der Waals surface area contributed by atoms with Crippen LogP contribution in [0.15, 0.2) is 72.5 Å². The van der Waals surface area contributed by atoms with Crippen molar-refractivity contribution in [3.63, 3.8) is 0 Å². The Bertz CT molecular complexity index is 1430. The van der Waals surface area contributed by atoms with Gasteiger partial charge < -0.3 is 19.9 Å². The van der Waals surface area contributed by atoms with Crippen molar-refractivity contribution < 1.29 is 14.3 Å². The monoisotopic (exact) mass is 597 g/mol. The van der Waals surface area contributed by atoms with Crippen LogP contribution in [-0.2, 0) is 16.0 Å². The number of allylic oxidation sites excluding steroid dienone is 4. The Balaban J connectivity index is 1.43. The van der Waals surface area contributed by atoms with Gasteiger partial charge in [-0.05, 0) is 89.0 Å². The van der Waals surface area contributed by atoms with Gasteiger partial charge in [-0.25, -0.2) is 4.79 Å². The minimum Gasteiger partial charge on any atom is -0.444 e. The van der Waals surface area contributed by atoms with E-state index in [1.807, 2.05) is 31.7 Å². The summed E-state index contributed by atoms with van der Waals surface area (Å²) < 4.78 is 5.61. The van der Waals surface area contributed by atoms with Crippen LogP contribution < -0.4 is 5.32 Å². The molecule has 1 aliphatic carbocycles. The Morgan fingerprint density at radius 1 is 1.30 bits per heavy atom. The Morgan fingerprint density at radius 2 is 2.05 bits per heavy atom. The predicted molar refractivity (Wildman–Crippen MR) is 172 cm³/mol. The highest BCUT2D eigenvalue weighted by Gasteiger charge is 2.59. The van der Waals surface area contributed by atoms with E-state index in [-0.39, 0.29) is 29.6 Å². The second-order valence-electron chi connectivity index (χ2n) is 13.9. The van der Waals surface area contributed by atoms with E-state index in [1.165, 1.54) is 22.3 Å². The molecule has 8 heteroatoms. The largest absolute Gasteiger partial charge is 0.444 e. The van der Waals surface area contributed by atoms with Gasteiger partial charge in [0.15, 0.2) is 0 Å². The quantitative estimate of drug-likeness (QED) is 0.381. The minimum absolute atomic E-state index is 0.115. The number of likely N-dealkylation sites (tertiary alicyclic amines) is 3. The number of piperazine rings is 1. The van der Waals surface area contributed by atoms with Crippen LogP contribution in [0.4, 0.5) is 4.79 Å². The number of nitriles is 1. The first-order valence-electron chi connectivity index (χ1n) is 15.8. The van der Waals surface area contributed by atoms with Crippen molar-refractivity contribution >= 4 is 12.0 Å². The number of nitrogens with one attached hydrogen (secondary N) is 1. The van der Waals surface area contributed by atoms with Gasteiger partial charge in [-0.1, -0.05) is 55.7 Å². The van der Waals surface area contributed by atoms with Gasteiger partial charge in [0.05, 0.1) is 29.7 Å². The molecule has 1 aromatic carbocycles. The number of benzene rings is 1. The van der Waals surface area contributed by atoms with Crippen LogP contribution in [-0.4, -0.2) is 75.6 Å². The number of rotatable bonds is 8. The average molecular weight is 598 g/mol. The Hall–Kier alpha value is -3.83. The van der Waals surface area contributed by atoms with Crippen LogP contribution in [0.3, 0.4) is 0 Å². The van der Waals surface area contributed by atoms with Crippen molar-refractivity contribution in [1.29, 1.82) is 5.26 Å². The summed E-state index contributed by atoms with van der Waals surface area (Å²) in [7, 11) is 0. The molecule has 2 bridgehead atoms. The summed E-state index contributed by atoms with van der Waals surface area (Å²) in [6.45, 7) is 19.9. The van der Waals surface area contributed by atoms with Gasteiger partial charge in [0.25, 0.3) is 0 Å². The van der Waals surface area contributed by atoms with Crippen molar-refractivity contribution in [3.8, 4) is 6.07 Å². The number of ether oxygens (including phenoxy) is 1. The Morgan fingerprint density at radius 3 is 2.73 bits per heavy atom.